The molecular formula is C25H36N2OS. The molecule has 3 aliphatic rings. The molecule has 2 aliphatic carbocycles. The number of hydrogen-bond donors (Lipinski definition) is 0. The molecule has 0 N–H and O–H groups in total. The van der Waals surface area contributed by atoms with Gasteiger partial charge in [0.1, 0.15) is 0 Å². The fourth-order valence-electron chi connectivity index (χ4n) is 6.27. The highest BCUT2D eigenvalue weighted by molar-refractivity contribution is 8.15. The summed E-state index contributed by atoms with van der Waals surface area (Å²) >= 11 is 1.62. The highest BCUT2D eigenvalue weighted by Gasteiger charge is 2.51. The quantitative estimate of drug-likeness (QED) is 0.629. The molecular weight excluding hydrogens is 376 g/mol. The number of carbonyl (C=O) groups excluding carboxylic acids is 1. The minimum absolute atomic E-state index is 0.208. The molecule has 3 nitrogen and oxygen atoms in total. The largest absolute Gasteiger partial charge is 0.291 e. The number of rotatable bonds is 4. The lowest BCUT2D eigenvalue weighted by molar-refractivity contribution is -0.123. The van der Waals surface area contributed by atoms with Crippen molar-refractivity contribution >= 4 is 22.8 Å². The molecule has 1 amide bonds. The van der Waals surface area contributed by atoms with Gasteiger partial charge >= 0.3 is 0 Å². The molecule has 0 bridgehead atoms. The standard InChI is InChI=1S/C25H36N2OS/c1-6-27-22(28)15-29-23(27)26-16-24(4)12-7-13-25(5)20-10-8-18(17(2)3)14-19(20)9-11-21(24)25/h8,10,14,17,21H,6-7,9,11-13,15-16H2,1-5H3/t21-,24-,25+/m0/s1. The van der Waals surface area contributed by atoms with Crippen molar-refractivity contribution in [2.45, 2.75) is 78.1 Å². The van der Waals surface area contributed by atoms with Crippen LogP contribution in [0.1, 0.15) is 82.9 Å². The van der Waals surface area contributed by atoms with E-state index in [0.717, 1.165) is 18.3 Å². The Morgan fingerprint density at radius 1 is 1.28 bits per heavy atom. The van der Waals surface area contributed by atoms with Gasteiger partial charge < -0.3 is 0 Å². The van der Waals surface area contributed by atoms with Crippen molar-refractivity contribution in [3.8, 4) is 0 Å². The number of hydrogen-bond acceptors (Lipinski definition) is 3. The Bertz CT molecular complexity index is 832. The van der Waals surface area contributed by atoms with E-state index in [4.69, 9.17) is 4.99 Å². The van der Waals surface area contributed by atoms with Crippen LogP contribution in [0.15, 0.2) is 23.2 Å². The van der Waals surface area contributed by atoms with Crippen molar-refractivity contribution in [1.82, 2.24) is 4.90 Å². The van der Waals surface area contributed by atoms with Crippen LogP contribution in [-0.2, 0) is 16.6 Å². The van der Waals surface area contributed by atoms with Gasteiger partial charge in [-0.25, -0.2) is 0 Å². The number of thioether (sulfide) groups is 1. The van der Waals surface area contributed by atoms with E-state index in [1.165, 1.54) is 37.7 Å². The fraction of sp³-hybridized carbons (Fsp3) is 0.680. The molecule has 158 valence electrons. The first kappa shape index (κ1) is 21.0. The van der Waals surface area contributed by atoms with E-state index in [2.05, 4.69) is 45.9 Å². The van der Waals surface area contributed by atoms with Gasteiger partial charge in [0.25, 0.3) is 0 Å². The van der Waals surface area contributed by atoms with Crippen molar-refractivity contribution in [2.24, 2.45) is 16.3 Å². The van der Waals surface area contributed by atoms with E-state index in [-0.39, 0.29) is 16.7 Å². The zero-order valence-corrected chi connectivity index (χ0v) is 19.6. The molecule has 1 saturated carbocycles. The molecule has 0 unspecified atom stereocenters. The molecule has 0 radical (unpaired) electrons. The van der Waals surface area contributed by atoms with Crippen LogP contribution in [0.2, 0.25) is 0 Å². The first-order chi connectivity index (χ1) is 13.8. The summed E-state index contributed by atoms with van der Waals surface area (Å²) in [4.78, 5) is 18.9. The highest BCUT2D eigenvalue weighted by Crippen LogP contribution is 2.57. The topological polar surface area (TPSA) is 32.7 Å². The molecule has 1 saturated heterocycles. The maximum Gasteiger partial charge on any atom is 0.239 e. The summed E-state index contributed by atoms with van der Waals surface area (Å²) in [5, 5.41) is 0.948. The number of aliphatic imine (C=N–C) groups is 1. The zero-order valence-electron chi connectivity index (χ0n) is 18.8. The lowest BCUT2D eigenvalue weighted by Gasteiger charge is -2.55. The summed E-state index contributed by atoms with van der Waals surface area (Å²) in [6.07, 6.45) is 6.25. The van der Waals surface area contributed by atoms with E-state index in [1.54, 1.807) is 22.9 Å². The third-order valence-electron chi connectivity index (χ3n) is 7.92. The maximum atomic E-state index is 12.1. The molecule has 1 heterocycles. The number of benzene rings is 1. The number of carbonyl (C=O) groups is 1. The van der Waals surface area contributed by atoms with Crippen LogP contribution < -0.4 is 0 Å². The van der Waals surface area contributed by atoms with Crippen molar-refractivity contribution in [3.05, 3.63) is 34.9 Å². The summed E-state index contributed by atoms with van der Waals surface area (Å²) in [5.74, 6) is 2.01. The molecule has 29 heavy (non-hydrogen) atoms. The summed E-state index contributed by atoms with van der Waals surface area (Å²) < 4.78 is 0. The number of amidine groups is 1. The molecule has 3 atom stereocenters. The van der Waals surface area contributed by atoms with Crippen LogP contribution in [0.5, 0.6) is 0 Å². The Kier molecular flexibility index (Phi) is 5.61. The predicted molar refractivity (Wildman–Crippen MR) is 124 cm³/mol. The summed E-state index contributed by atoms with van der Waals surface area (Å²) in [5.41, 5.74) is 5.11. The molecule has 0 spiro atoms. The monoisotopic (exact) mass is 412 g/mol. The van der Waals surface area contributed by atoms with Gasteiger partial charge in [0.05, 0.1) is 5.75 Å². The molecule has 2 fully saturated rings. The van der Waals surface area contributed by atoms with E-state index < -0.39 is 0 Å². The molecule has 4 rings (SSSR count). The fourth-order valence-corrected chi connectivity index (χ4v) is 7.22. The Labute approximate surface area is 180 Å². The average molecular weight is 413 g/mol. The lowest BCUT2D eigenvalue weighted by atomic mass is 9.50. The van der Waals surface area contributed by atoms with Crippen LogP contribution in [0.3, 0.4) is 0 Å². The van der Waals surface area contributed by atoms with Gasteiger partial charge in [-0.05, 0) is 72.0 Å². The second-order valence-corrected chi connectivity index (χ2v) is 11.1. The van der Waals surface area contributed by atoms with Gasteiger partial charge in [-0.2, -0.15) is 0 Å². The summed E-state index contributed by atoms with van der Waals surface area (Å²) in [7, 11) is 0. The van der Waals surface area contributed by atoms with Gasteiger partial charge in [-0.3, -0.25) is 14.7 Å². The smallest absolute Gasteiger partial charge is 0.239 e. The Morgan fingerprint density at radius 3 is 2.79 bits per heavy atom. The summed E-state index contributed by atoms with van der Waals surface area (Å²) in [6.45, 7) is 13.2. The second-order valence-electron chi connectivity index (χ2n) is 10.1. The lowest BCUT2D eigenvalue weighted by Crippen LogP contribution is -2.50. The maximum absolute atomic E-state index is 12.1. The van der Waals surface area contributed by atoms with Gasteiger partial charge in [0.15, 0.2) is 5.17 Å². The van der Waals surface area contributed by atoms with Gasteiger partial charge in [0.2, 0.25) is 5.91 Å². The van der Waals surface area contributed by atoms with E-state index in [9.17, 15) is 4.79 Å². The molecule has 0 aromatic heterocycles. The first-order valence-electron chi connectivity index (χ1n) is 11.4. The Balaban J connectivity index is 1.62. The normalized spacial score (nSPS) is 33.3. The van der Waals surface area contributed by atoms with Crippen LogP contribution in [0, 0.1) is 11.3 Å². The molecule has 1 aromatic rings. The Hall–Kier alpha value is -1.29. The SMILES string of the molecule is CCN1C(=O)CSC1=NC[C@]1(C)CCC[C@]2(C)c3ccc(C(C)C)cc3CC[C@@H]12. The van der Waals surface area contributed by atoms with E-state index in [0.29, 0.717) is 17.6 Å². The molecule has 4 heteroatoms. The Morgan fingerprint density at radius 2 is 2.07 bits per heavy atom. The van der Waals surface area contributed by atoms with Crippen LogP contribution in [-0.4, -0.2) is 34.8 Å². The minimum atomic E-state index is 0.208. The molecule has 1 aromatic carbocycles. The van der Waals surface area contributed by atoms with E-state index >= 15 is 0 Å². The van der Waals surface area contributed by atoms with Crippen molar-refractivity contribution in [3.63, 3.8) is 0 Å². The first-order valence-corrected chi connectivity index (χ1v) is 12.4. The highest BCUT2D eigenvalue weighted by atomic mass is 32.2. The van der Waals surface area contributed by atoms with Crippen LogP contribution >= 0.6 is 11.8 Å². The third kappa shape index (κ3) is 3.56. The van der Waals surface area contributed by atoms with Crippen molar-refractivity contribution in [2.75, 3.05) is 18.8 Å². The van der Waals surface area contributed by atoms with E-state index in [1.807, 2.05) is 11.8 Å². The second kappa shape index (κ2) is 7.76. The zero-order chi connectivity index (χ0) is 20.8. The predicted octanol–water partition coefficient (Wildman–Crippen LogP) is 5.77. The van der Waals surface area contributed by atoms with Gasteiger partial charge in [-0.1, -0.05) is 64.1 Å². The van der Waals surface area contributed by atoms with Crippen LogP contribution in [0.4, 0.5) is 0 Å². The third-order valence-corrected chi connectivity index (χ3v) is 8.92. The minimum Gasteiger partial charge on any atom is -0.291 e. The number of aryl methyl sites for hydroxylation is 1. The number of amides is 1. The van der Waals surface area contributed by atoms with Gasteiger partial charge in [0, 0.05) is 13.1 Å². The van der Waals surface area contributed by atoms with Gasteiger partial charge in [-0.15, -0.1) is 0 Å². The van der Waals surface area contributed by atoms with Crippen LogP contribution in [0.25, 0.3) is 0 Å². The number of fused-ring (bicyclic) bond motifs is 3. The van der Waals surface area contributed by atoms with Crippen molar-refractivity contribution in [1.29, 1.82) is 0 Å². The average Bonchev–Trinajstić information content (AvgIpc) is 3.05. The summed E-state index contributed by atoms with van der Waals surface area (Å²) in [6, 6.07) is 7.29. The molecule has 1 aliphatic heterocycles. The number of nitrogens with zero attached hydrogens (tertiary/aromatic N) is 2. The van der Waals surface area contributed by atoms with Crippen molar-refractivity contribution < 1.29 is 4.79 Å².